The number of hydrogen-bond donors (Lipinski definition) is 1. The van der Waals surface area contributed by atoms with E-state index in [9.17, 15) is 5.11 Å². The highest BCUT2D eigenvalue weighted by molar-refractivity contribution is 5.50. The van der Waals surface area contributed by atoms with Crippen LogP contribution < -0.4 is 4.90 Å². The summed E-state index contributed by atoms with van der Waals surface area (Å²) in [7, 11) is 1.94. The first-order chi connectivity index (χ1) is 8.19. The van der Waals surface area contributed by atoms with Crippen LogP contribution in [0.25, 0.3) is 0 Å². The molecule has 94 valence electrons. The molecule has 2 aliphatic rings. The van der Waals surface area contributed by atoms with Crippen molar-refractivity contribution in [2.45, 2.75) is 38.6 Å². The van der Waals surface area contributed by atoms with Crippen LogP contribution in [0.15, 0.2) is 0 Å². The molecule has 5 nitrogen and oxygen atoms in total. The van der Waals surface area contributed by atoms with E-state index in [1.54, 1.807) is 0 Å². The summed E-state index contributed by atoms with van der Waals surface area (Å²) in [6.07, 6.45) is 3.03. The Labute approximate surface area is 101 Å². The summed E-state index contributed by atoms with van der Waals surface area (Å²) in [4.78, 5) is 2.32. The van der Waals surface area contributed by atoms with Crippen LogP contribution in [0.4, 0.5) is 5.82 Å². The van der Waals surface area contributed by atoms with Crippen molar-refractivity contribution < 1.29 is 9.84 Å². The quantitative estimate of drug-likeness (QED) is 0.818. The molecule has 0 aliphatic carbocycles. The van der Waals surface area contributed by atoms with Gasteiger partial charge in [0.15, 0.2) is 0 Å². The summed E-state index contributed by atoms with van der Waals surface area (Å²) in [5.74, 6) is 1.06. The predicted molar refractivity (Wildman–Crippen MR) is 64.0 cm³/mol. The monoisotopic (exact) mass is 237 g/mol. The van der Waals surface area contributed by atoms with Gasteiger partial charge in [0.25, 0.3) is 0 Å². The summed E-state index contributed by atoms with van der Waals surface area (Å²) in [6.45, 7) is 3.84. The molecule has 2 atom stereocenters. The Bertz CT molecular complexity index is 418. The van der Waals surface area contributed by atoms with Gasteiger partial charge in [-0.05, 0) is 19.8 Å². The van der Waals surface area contributed by atoms with Gasteiger partial charge in [-0.25, -0.2) is 0 Å². The van der Waals surface area contributed by atoms with Gasteiger partial charge in [-0.1, -0.05) is 0 Å². The van der Waals surface area contributed by atoms with Crippen LogP contribution in [0.5, 0.6) is 0 Å². The highest BCUT2D eigenvalue weighted by Crippen LogP contribution is 2.32. The van der Waals surface area contributed by atoms with Gasteiger partial charge in [0.2, 0.25) is 0 Å². The van der Waals surface area contributed by atoms with E-state index in [0.717, 1.165) is 43.0 Å². The van der Waals surface area contributed by atoms with Gasteiger partial charge in [0, 0.05) is 25.7 Å². The van der Waals surface area contributed by atoms with E-state index in [0.29, 0.717) is 12.2 Å². The zero-order valence-corrected chi connectivity index (χ0v) is 10.4. The fourth-order valence-electron chi connectivity index (χ4n) is 3.06. The lowest BCUT2D eigenvalue weighted by molar-refractivity contribution is 0.0298. The van der Waals surface area contributed by atoms with Crippen molar-refractivity contribution in [3.63, 3.8) is 0 Å². The summed E-state index contributed by atoms with van der Waals surface area (Å²) in [6, 6.07) is 0. The van der Waals surface area contributed by atoms with Crippen molar-refractivity contribution in [2.75, 3.05) is 18.0 Å². The molecule has 0 aromatic carbocycles. The molecule has 2 unspecified atom stereocenters. The molecule has 0 spiro atoms. The highest BCUT2D eigenvalue weighted by Gasteiger charge is 2.35. The maximum Gasteiger partial charge on any atom is 0.132 e. The molecule has 2 aliphatic heterocycles. The van der Waals surface area contributed by atoms with Gasteiger partial charge in [0.1, 0.15) is 5.82 Å². The minimum absolute atomic E-state index is 0.0572. The number of aliphatic hydroxyl groups is 1. The Hall–Kier alpha value is -1.07. The second-order valence-corrected chi connectivity index (χ2v) is 5.03. The molecule has 2 saturated heterocycles. The molecular weight excluding hydrogens is 218 g/mol. The number of rotatable bonds is 2. The zero-order chi connectivity index (χ0) is 12.0. The summed E-state index contributed by atoms with van der Waals surface area (Å²) in [5.41, 5.74) is 1.87. The van der Waals surface area contributed by atoms with E-state index in [-0.39, 0.29) is 6.61 Å². The van der Waals surface area contributed by atoms with Crippen molar-refractivity contribution in [3.8, 4) is 0 Å². The topological polar surface area (TPSA) is 50.5 Å². The SMILES string of the molecule is Cc1nn(C)c(N2CC3CCC(C2)O3)c1CO. The minimum Gasteiger partial charge on any atom is -0.391 e. The first-order valence-corrected chi connectivity index (χ1v) is 6.22. The number of aliphatic hydroxyl groups excluding tert-OH is 1. The Morgan fingerprint density at radius 3 is 2.59 bits per heavy atom. The standard InChI is InChI=1S/C12H19N3O2/c1-8-11(7-16)12(14(2)13-8)15-5-9-3-4-10(6-15)17-9/h9-10,16H,3-7H2,1-2H3. The van der Waals surface area contributed by atoms with Crippen LogP contribution in [0.2, 0.25) is 0 Å². The minimum atomic E-state index is 0.0572. The molecule has 2 fully saturated rings. The van der Waals surface area contributed by atoms with Crippen molar-refractivity contribution in [1.82, 2.24) is 9.78 Å². The molecule has 5 heteroatoms. The number of aromatic nitrogens is 2. The predicted octanol–water partition coefficient (Wildman–Crippen LogP) is 0.588. The van der Waals surface area contributed by atoms with E-state index < -0.39 is 0 Å². The van der Waals surface area contributed by atoms with Gasteiger partial charge >= 0.3 is 0 Å². The Kier molecular flexibility index (Phi) is 2.60. The van der Waals surface area contributed by atoms with Crippen LogP contribution in [-0.4, -0.2) is 40.2 Å². The molecule has 0 radical (unpaired) electrons. The van der Waals surface area contributed by atoms with Crippen molar-refractivity contribution >= 4 is 5.82 Å². The normalized spacial score (nSPS) is 27.8. The third-order valence-electron chi connectivity index (χ3n) is 3.81. The zero-order valence-electron chi connectivity index (χ0n) is 10.4. The second-order valence-electron chi connectivity index (χ2n) is 5.03. The van der Waals surface area contributed by atoms with E-state index in [2.05, 4.69) is 10.00 Å². The Morgan fingerprint density at radius 1 is 1.35 bits per heavy atom. The summed E-state index contributed by atoms with van der Waals surface area (Å²) >= 11 is 0. The number of nitrogens with zero attached hydrogens (tertiary/aromatic N) is 3. The van der Waals surface area contributed by atoms with Gasteiger partial charge in [-0.15, -0.1) is 0 Å². The molecule has 3 rings (SSSR count). The lowest BCUT2D eigenvalue weighted by atomic mass is 10.2. The maximum absolute atomic E-state index is 9.48. The van der Waals surface area contributed by atoms with Gasteiger partial charge in [-0.3, -0.25) is 4.68 Å². The molecule has 0 saturated carbocycles. The Balaban J connectivity index is 1.93. The van der Waals surface area contributed by atoms with E-state index in [1.807, 2.05) is 18.7 Å². The number of morpholine rings is 1. The van der Waals surface area contributed by atoms with E-state index >= 15 is 0 Å². The molecular formula is C12H19N3O2. The lowest BCUT2D eigenvalue weighted by Crippen LogP contribution is -2.43. The van der Waals surface area contributed by atoms with Crippen LogP contribution in [-0.2, 0) is 18.4 Å². The van der Waals surface area contributed by atoms with E-state index in [1.165, 1.54) is 0 Å². The third-order valence-corrected chi connectivity index (χ3v) is 3.81. The molecule has 3 heterocycles. The Morgan fingerprint density at radius 2 is 2.00 bits per heavy atom. The number of fused-ring (bicyclic) bond motifs is 2. The molecule has 0 amide bonds. The van der Waals surface area contributed by atoms with E-state index in [4.69, 9.17) is 4.74 Å². The van der Waals surface area contributed by atoms with Crippen molar-refractivity contribution in [1.29, 1.82) is 0 Å². The molecule has 1 N–H and O–H groups in total. The first kappa shape index (κ1) is 11.0. The number of ether oxygens (including phenoxy) is 1. The number of aryl methyl sites for hydroxylation is 2. The molecule has 1 aromatic heterocycles. The largest absolute Gasteiger partial charge is 0.391 e. The summed E-state index contributed by atoms with van der Waals surface area (Å²) in [5, 5.41) is 13.9. The maximum atomic E-state index is 9.48. The number of hydrogen-bond acceptors (Lipinski definition) is 4. The van der Waals surface area contributed by atoms with Crippen molar-refractivity contribution in [3.05, 3.63) is 11.3 Å². The van der Waals surface area contributed by atoms with Crippen LogP contribution in [0.1, 0.15) is 24.1 Å². The number of anilines is 1. The summed E-state index contributed by atoms with van der Waals surface area (Å²) < 4.78 is 7.72. The van der Waals surface area contributed by atoms with Crippen molar-refractivity contribution in [2.24, 2.45) is 7.05 Å². The van der Waals surface area contributed by atoms with Crippen LogP contribution in [0, 0.1) is 6.92 Å². The van der Waals surface area contributed by atoms with Gasteiger partial charge < -0.3 is 14.7 Å². The highest BCUT2D eigenvalue weighted by atomic mass is 16.5. The average Bonchev–Trinajstić information content (AvgIpc) is 2.78. The second kappa shape index (κ2) is 3.99. The fourth-order valence-corrected chi connectivity index (χ4v) is 3.06. The smallest absolute Gasteiger partial charge is 0.132 e. The van der Waals surface area contributed by atoms with Crippen LogP contribution in [0.3, 0.4) is 0 Å². The molecule has 17 heavy (non-hydrogen) atoms. The first-order valence-electron chi connectivity index (χ1n) is 6.22. The third kappa shape index (κ3) is 1.73. The molecule has 1 aromatic rings. The van der Waals surface area contributed by atoms with Gasteiger partial charge in [-0.2, -0.15) is 5.10 Å². The van der Waals surface area contributed by atoms with Gasteiger partial charge in [0.05, 0.1) is 24.5 Å². The fraction of sp³-hybridized carbons (Fsp3) is 0.750. The average molecular weight is 237 g/mol. The molecule has 2 bridgehead atoms. The van der Waals surface area contributed by atoms with Crippen LogP contribution >= 0.6 is 0 Å². The lowest BCUT2D eigenvalue weighted by Gasteiger charge is -2.34.